The number of nitrogens with one attached hydrogen (secondary N) is 2. The van der Waals surface area contributed by atoms with Gasteiger partial charge in [-0.1, -0.05) is 19.1 Å². The van der Waals surface area contributed by atoms with Gasteiger partial charge in [0, 0.05) is 66.5 Å². The van der Waals surface area contributed by atoms with Gasteiger partial charge in [0.1, 0.15) is 5.82 Å². The van der Waals surface area contributed by atoms with Crippen LogP contribution in [0.2, 0.25) is 0 Å². The third-order valence-electron chi connectivity index (χ3n) is 7.66. The normalized spacial score (nSPS) is 24.0. The summed E-state index contributed by atoms with van der Waals surface area (Å²) < 4.78 is 2.41. The number of amides is 1. The zero-order chi connectivity index (χ0) is 22.4. The number of hydrogen-bond acceptors (Lipinski definition) is 3. The van der Waals surface area contributed by atoms with Crippen LogP contribution < -0.4 is 5.32 Å². The van der Waals surface area contributed by atoms with E-state index < -0.39 is 0 Å². The van der Waals surface area contributed by atoms with Crippen molar-refractivity contribution in [1.82, 2.24) is 24.8 Å². The Morgan fingerprint density at radius 3 is 2.91 bits per heavy atom. The Kier molecular flexibility index (Phi) is 5.58. The Bertz CT molecular complexity index is 1100. The lowest BCUT2D eigenvalue weighted by molar-refractivity contribution is -0.127. The first kappa shape index (κ1) is 21.3. The number of H-pyrrole nitrogens is 1. The molecule has 0 spiro atoms. The standard InChI is InChI=1S/C26H35N5O/c1-16(2)31-15-18-13-23-21(20-6-5-7-22(31)24(18)20)12-19(14-30(23)4)26(32)29-9-8-17(3)25-27-10-11-28-25/h5-7,10-11,15-17,19,21,23H,8-9,12-14H2,1-4H3,(H,27,28)(H,29,32)/t17?,19-,21-,23-/m1/s1. The van der Waals surface area contributed by atoms with Crippen LogP contribution in [0.5, 0.6) is 0 Å². The highest BCUT2D eigenvalue weighted by Crippen LogP contribution is 2.45. The smallest absolute Gasteiger partial charge is 0.224 e. The number of likely N-dealkylation sites (N-methyl/N-ethyl adjacent to an activating group) is 1. The van der Waals surface area contributed by atoms with E-state index in [2.05, 4.69) is 77.0 Å². The third kappa shape index (κ3) is 3.64. The highest BCUT2D eigenvalue weighted by molar-refractivity contribution is 5.89. The van der Waals surface area contributed by atoms with Gasteiger partial charge in [-0.2, -0.15) is 0 Å². The molecule has 2 aromatic heterocycles. The molecule has 1 amide bonds. The number of nitrogens with zero attached hydrogens (tertiary/aromatic N) is 3. The summed E-state index contributed by atoms with van der Waals surface area (Å²) in [5.41, 5.74) is 4.24. The minimum absolute atomic E-state index is 0.0316. The number of benzene rings is 1. The molecular formula is C26H35N5O. The largest absolute Gasteiger partial charge is 0.356 e. The minimum Gasteiger partial charge on any atom is -0.356 e. The molecule has 1 aliphatic carbocycles. The number of fused-ring (bicyclic) bond motifs is 2. The van der Waals surface area contributed by atoms with Gasteiger partial charge >= 0.3 is 0 Å². The molecule has 32 heavy (non-hydrogen) atoms. The minimum atomic E-state index is 0.0316. The molecule has 6 nitrogen and oxygen atoms in total. The van der Waals surface area contributed by atoms with Crippen molar-refractivity contribution >= 4 is 16.8 Å². The molecule has 4 atom stereocenters. The lowest BCUT2D eigenvalue weighted by atomic mass is 9.72. The van der Waals surface area contributed by atoms with Gasteiger partial charge < -0.3 is 19.8 Å². The summed E-state index contributed by atoms with van der Waals surface area (Å²) in [6.07, 6.45) is 8.89. The number of aromatic nitrogens is 3. The molecule has 5 rings (SSSR count). The zero-order valence-corrected chi connectivity index (χ0v) is 19.6. The maximum atomic E-state index is 13.1. The van der Waals surface area contributed by atoms with Gasteiger partial charge in [-0.3, -0.25) is 4.79 Å². The van der Waals surface area contributed by atoms with Gasteiger partial charge in [-0.25, -0.2) is 4.98 Å². The van der Waals surface area contributed by atoms with Crippen molar-refractivity contribution in [2.24, 2.45) is 5.92 Å². The molecule has 0 bridgehead atoms. The second-order valence-electron chi connectivity index (χ2n) is 10.1. The summed E-state index contributed by atoms with van der Waals surface area (Å²) in [6, 6.07) is 7.66. The van der Waals surface area contributed by atoms with Gasteiger partial charge in [0.15, 0.2) is 0 Å². The van der Waals surface area contributed by atoms with Gasteiger partial charge in [-0.05, 0) is 57.4 Å². The van der Waals surface area contributed by atoms with E-state index in [0.717, 1.165) is 31.6 Å². The van der Waals surface area contributed by atoms with Crippen molar-refractivity contribution in [2.45, 2.75) is 64.0 Å². The molecule has 3 aromatic rings. The van der Waals surface area contributed by atoms with Crippen LogP contribution in [0.4, 0.5) is 0 Å². The molecule has 1 fully saturated rings. The van der Waals surface area contributed by atoms with E-state index in [0.29, 0.717) is 30.5 Å². The molecule has 2 aliphatic rings. The number of hydrogen-bond donors (Lipinski definition) is 2. The van der Waals surface area contributed by atoms with Gasteiger partial charge in [-0.15, -0.1) is 0 Å². The summed E-state index contributed by atoms with van der Waals surface area (Å²) in [7, 11) is 2.20. The number of carbonyl (C=O) groups excluding carboxylic acids is 1. The molecule has 0 radical (unpaired) electrons. The van der Waals surface area contributed by atoms with Crippen LogP contribution in [-0.4, -0.2) is 51.5 Å². The average molecular weight is 434 g/mol. The summed E-state index contributed by atoms with van der Waals surface area (Å²) in [6.45, 7) is 8.16. The number of rotatable bonds is 6. The molecule has 0 saturated carbocycles. The van der Waals surface area contributed by atoms with Crippen molar-refractivity contribution in [3.05, 3.63) is 53.7 Å². The highest BCUT2D eigenvalue weighted by Gasteiger charge is 2.41. The van der Waals surface area contributed by atoms with E-state index in [1.54, 1.807) is 6.20 Å². The van der Waals surface area contributed by atoms with Crippen molar-refractivity contribution in [1.29, 1.82) is 0 Å². The molecule has 170 valence electrons. The van der Waals surface area contributed by atoms with Crippen molar-refractivity contribution in [2.75, 3.05) is 20.1 Å². The fraction of sp³-hybridized carbons (Fsp3) is 0.538. The predicted octanol–water partition coefficient (Wildman–Crippen LogP) is 4.22. The summed E-state index contributed by atoms with van der Waals surface area (Å²) >= 11 is 0. The number of imidazole rings is 1. The summed E-state index contributed by atoms with van der Waals surface area (Å²) in [5.74, 6) is 1.93. The van der Waals surface area contributed by atoms with E-state index in [1.165, 1.54) is 22.0 Å². The van der Waals surface area contributed by atoms with Gasteiger partial charge in [0.25, 0.3) is 0 Å². The number of piperidine rings is 1. The van der Waals surface area contributed by atoms with Crippen LogP contribution in [-0.2, 0) is 11.2 Å². The van der Waals surface area contributed by atoms with Crippen molar-refractivity contribution in [3.8, 4) is 0 Å². The Morgan fingerprint density at radius 1 is 1.31 bits per heavy atom. The van der Waals surface area contributed by atoms with Crippen LogP contribution in [0.15, 0.2) is 36.8 Å². The maximum absolute atomic E-state index is 13.1. The van der Waals surface area contributed by atoms with Crippen molar-refractivity contribution in [3.63, 3.8) is 0 Å². The van der Waals surface area contributed by atoms with E-state index in [4.69, 9.17) is 0 Å². The van der Waals surface area contributed by atoms with Crippen molar-refractivity contribution < 1.29 is 4.79 Å². The topological polar surface area (TPSA) is 66.0 Å². The van der Waals surface area contributed by atoms with Crippen LogP contribution in [0.1, 0.15) is 68.4 Å². The van der Waals surface area contributed by atoms with E-state index in [-0.39, 0.29) is 11.8 Å². The average Bonchev–Trinajstić information content (AvgIpc) is 3.44. The van der Waals surface area contributed by atoms with Crippen LogP contribution in [0.25, 0.3) is 10.9 Å². The van der Waals surface area contributed by atoms with E-state index in [9.17, 15) is 4.79 Å². The molecule has 2 N–H and O–H groups in total. The first-order valence-corrected chi connectivity index (χ1v) is 12.0. The second-order valence-corrected chi connectivity index (χ2v) is 10.1. The van der Waals surface area contributed by atoms with E-state index in [1.807, 2.05) is 6.20 Å². The van der Waals surface area contributed by atoms with Crippen LogP contribution in [0.3, 0.4) is 0 Å². The summed E-state index contributed by atoms with van der Waals surface area (Å²) in [4.78, 5) is 23.0. The van der Waals surface area contributed by atoms with Gasteiger partial charge in [0.05, 0.1) is 5.92 Å². The Balaban J connectivity index is 1.31. The molecular weight excluding hydrogens is 398 g/mol. The molecule has 1 saturated heterocycles. The van der Waals surface area contributed by atoms with Crippen LogP contribution in [0, 0.1) is 5.92 Å². The lowest BCUT2D eigenvalue weighted by Crippen LogP contribution is -2.51. The number of likely N-dealkylation sites (tertiary alicyclic amines) is 1. The van der Waals surface area contributed by atoms with Crippen LogP contribution >= 0.6 is 0 Å². The fourth-order valence-corrected chi connectivity index (χ4v) is 5.93. The van der Waals surface area contributed by atoms with E-state index >= 15 is 0 Å². The first-order chi connectivity index (χ1) is 15.4. The lowest BCUT2D eigenvalue weighted by Gasteiger charge is -2.45. The Morgan fingerprint density at radius 2 is 2.16 bits per heavy atom. The molecule has 1 aromatic carbocycles. The predicted molar refractivity (Wildman–Crippen MR) is 128 cm³/mol. The fourth-order valence-electron chi connectivity index (χ4n) is 5.93. The van der Waals surface area contributed by atoms with Gasteiger partial charge in [0.2, 0.25) is 5.91 Å². The quantitative estimate of drug-likeness (QED) is 0.612. The molecule has 3 heterocycles. The summed E-state index contributed by atoms with van der Waals surface area (Å²) in [5, 5.41) is 4.65. The maximum Gasteiger partial charge on any atom is 0.224 e. The molecule has 1 unspecified atom stereocenters. The second kappa shape index (κ2) is 8.39. The first-order valence-electron chi connectivity index (χ1n) is 12.0. The molecule has 6 heteroatoms. The number of aromatic amines is 1. The number of carbonyl (C=O) groups is 1. The third-order valence-corrected chi connectivity index (χ3v) is 7.66. The Labute approximate surface area is 190 Å². The Hall–Kier alpha value is -2.60. The highest BCUT2D eigenvalue weighted by atomic mass is 16.1. The SMILES string of the molecule is CC(CCNC(=O)[C@@H]1C[C@@H]2c3cccc4c3c(cn4C(C)C)C[C@H]2N(C)C1)c1ncc[nH]1. The molecule has 1 aliphatic heterocycles. The monoisotopic (exact) mass is 433 g/mol. The zero-order valence-electron chi connectivity index (χ0n) is 19.6.